The lowest BCUT2D eigenvalue weighted by atomic mass is 10.1. The van der Waals surface area contributed by atoms with Crippen LogP contribution in [-0.4, -0.2) is 56.5 Å². The van der Waals surface area contributed by atoms with Gasteiger partial charge in [-0.1, -0.05) is 30.3 Å². The first-order valence-electron chi connectivity index (χ1n) is 10.1. The van der Waals surface area contributed by atoms with Crippen LogP contribution in [-0.2, 0) is 11.2 Å². The lowest BCUT2D eigenvalue weighted by Gasteiger charge is -2.35. The topological polar surface area (TPSA) is 67.2 Å². The molecule has 0 unspecified atom stereocenters. The summed E-state index contributed by atoms with van der Waals surface area (Å²) < 4.78 is 1.88. The molecule has 0 atom stereocenters. The molecule has 0 radical (unpaired) electrons. The maximum absolute atomic E-state index is 12.6. The second-order valence-corrected chi connectivity index (χ2v) is 7.31. The number of aryl methyl sites for hydroxylation is 2. The number of aromatic nitrogens is 4. The molecule has 3 heterocycles. The smallest absolute Gasteiger partial charge is 0.222 e. The van der Waals surface area contributed by atoms with E-state index in [0.717, 1.165) is 56.5 Å². The van der Waals surface area contributed by atoms with Gasteiger partial charge >= 0.3 is 0 Å². The molecule has 150 valence electrons. The summed E-state index contributed by atoms with van der Waals surface area (Å²) in [5.41, 5.74) is 1.29. The fraction of sp³-hybridized carbons (Fsp3) is 0.364. The van der Waals surface area contributed by atoms with Crippen molar-refractivity contribution in [3.63, 3.8) is 0 Å². The monoisotopic (exact) mass is 390 g/mol. The van der Waals surface area contributed by atoms with Crippen LogP contribution >= 0.6 is 0 Å². The molecule has 1 fully saturated rings. The van der Waals surface area contributed by atoms with E-state index in [0.29, 0.717) is 6.42 Å². The minimum atomic E-state index is 0.249. The predicted octanol–water partition coefficient (Wildman–Crippen LogP) is 2.64. The number of hydrogen-bond donors (Lipinski definition) is 0. The van der Waals surface area contributed by atoms with Crippen LogP contribution in [0.25, 0.3) is 5.82 Å². The molecule has 1 aromatic carbocycles. The third-order valence-electron chi connectivity index (χ3n) is 5.24. The van der Waals surface area contributed by atoms with Gasteiger partial charge < -0.3 is 9.80 Å². The summed E-state index contributed by atoms with van der Waals surface area (Å²) in [7, 11) is 0. The summed E-state index contributed by atoms with van der Waals surface area (Å²) in [6.07, 6.45) is 7.78. The second-order valence-electron chi connectivity index (χ2n) is 7.31. The maximum Gasteiger partial charge on any atom is 0.222 e. The largest absolute Gasteiger partial charge is 0.353 e. The molecule has 4 rings (SSSR count). The van der Waals surface area contributed by atoms with E-state index in [2.05, 4.69) is 32.0 Å². The molecule has 1 aliphatic heterocycles. The Balaban J connectivity index is 1.31. The van der Waals surface area contributed by atoms with E-state index in [1.807, 2.05) is 46.9 Å². The third-order valence-corrected chi connectivity index (χ3v) is 5.24. The van der Waals surface area contributed by atoms with Gasteiger partial charge in [0.2, 0.25) is 5.91 Å². The number of benzene rings is 1. The number of imidazole rings is 1. The molecule has 2 aromatic heterocycles. The number of carbonyl (C=O) groups is 1. The Labute approximate surface area is 171 Å². The molecule has 0 saturated carbocycles. The minimum Gasteiger partial charge on any atom is -0.353 e. The lowest BCUT2D eigenvalue weighted by molar-refractivity contribution is -0.131. The van der Waals surface area contributed by atoms with Gasteiger partial charge in [-0.2, -0.15) is 0 Å². The highest BCUT2D eigenvalue weighted by Crippen LogP contribution is 2.18. The van der Waals surface area contributed by atoms with Crippen LogP contribution in [0.1, 0.15) is 24.2 Å². The summed E-state index contributed by atoms with van der Waals surface area (Å²) in [6.45, 7) is 4.92. The van der Waals surface area contributed by atoms with E-state index < -0.39 is 0 Å². The fourth-order valence-electron chi connectivity index (χ4n) is 3.66. The summed E-state index contributed by atoms with van der Waals surface area (Å²) >= 11 is 0. The highest BCUT2D eigenvalue weighted by molar-refractivity contribution is 5.76. The van der Waals surface area contributed by atoms with Crippen molar-refractivity contribution >= 4 is 11.7 Å². The number of piperazine rings is 1. The van der Waals surface area contributed by atoms with E-state index >= 15 is 0 Å². The van der Waals surface area contributed by atoms with E-state index in [9.17, 15) is 4.79 Å². The van der Waals surface area contributed by atoms with Crippen LogP contribution in [0.2, 0.25) is 0 Å². The van der Waals surface area contributed by atoms with Crippen molar-refractivity contribution in [3.8, 4) is 5.82 Å². The SMILES string of the molecule is Cc1nc(N2CCN(C(=O)CCCc3ccccc3)CC2)cc(-n2ccnc2)n1. The van der Waals surface area contributed by atoms with Gasteiger partial charge in [0.1, 0.15) is 23.8 Å². The van der Waals surface area contributed by atoms with Crippen LogP contribution in [0.3, 0.4) is 0 Å². The first kappa shape index (κ1) is 19.1. The summed E-state index contributed by atoms with van der Waals surface area (Å²) in [5, 5.41) is 0. The number of anilines is 1. The van der Waals surface area contributed by atoms with E-state index in [-0.39, 0.29) is 5.91 Å². The van der Waals surface area contributed by atoms with Crippen LogP contribution in [0.15, 0.2) is 55.1 Å². The molecule has 1 amide bonds. The molecule has 29 heavy (non-hydrogen) atoms. The van der Waals surface area contributed by atoms with Crippen molar-refractivity contribution in [1.29, 1.82) is 0 Å². The highest BCUT2D eigenvalue weighted by Gasteiger charge is 2.22. The Morgan fingerprint density at radius 3 is 2.52 bits per heavy atom. The molecule has 3 aromatic rings. The van der Waals surface area contributed by atoms with Gasteiger partial charge in [-0.05, 0) is 25.3 Å². The molecule has 0 bridgehead atoms. The molecule has 1 aliphatic rings. The predicted molar refractivity (Wildman–Crippen MR) is 112 cm³/mol. The Hall–Kier alpha value is -3.22. The summed E-state index contributed by atoms with van der Waals surface area (Å²) in [4.78, 5) is 30.0. The Morgan fingerprint density at radius 1 is 1.03 bits per heavy atom. The average Bonchev–Trinajstić information content (AvgIpc) is 3.29. The summed E-state index contributed by atoms with van der Waals surface area (Å²) in [5.74, 6) is 2.69. The molecular weight excluding hydrogens is 364 g/mol. The van der Waals surface area contributed by atoms with E-state index in [1.165, 1.54) is 5.56 Å². The van der Waals surface area contributed by atoms with Crippen LogP contribution in [0, 0.1) is 6.92 Å². The van der Waals surface area contributed by atoms with E-state index in [4.69, 9.17) is 0 Å². The van der Waals surface area contributed by atoms with Crippen molar-refractivity contribution in [3.05, 3.63) is 66.5 Å². The molecule has 0 aliphatic carbocycles. The van der Waals surface area contributed by atoms with Gasteiger partial charge in [0.15, 0.2) is 0 Å². The van der Waals surface area contributed by atoms with Crippen LogP contribution in [0.5, 0.6) is 0 Å². The van der Waals surface area contributed by atoms with Crippen LogP contribution in [0.4, 0.5) is 5.82 Å². The normalized spacial score (nSPS) is 14.2. The van der Waals surface area contributed by atoms with Crippen LogP contribution < -0.4 is 4.90 Å². The number of nitrogens with zero attached hydrogens (tertiary/aromatic N) is 6. The minimum absolute atomic E-state index is 0.249. The van der Waals surface area contributed by atoms with Crippen molar-refractivity contribution in [1.82, 2.24) is 24.4 Å². The number of rotatable bonds is 6. The zero-order valence-corrected chi connectivity index (χ0v) is 16.7. The first-order valence-corrected chi connectivity index (χ1v) is 10.1. The van der Waals surface area contributed by atoms with Gasteiger partial charge in [-0.15, -0.1) is 0 Å². The van der Waals surface area contributed by atoms with Crippen molar-refractivity contribution in [2.75, 3.05) is 31.1 Å². The average molecular weight is 390 g/mol. The van der Waals surface area contributed by atoms with Crippen molar-refractivity contribution < 1.29 is 4.79 Å². The van der Waals surface area contributed by atoms with Crippen molar-refractivity contribution in [2.45, 2.75) is 26.2 Å². The standard InChI is InChI=1S/C22H26N6O/c1-18-24-20(16-21(25-18)28-11-10-23-17-28)26-12-14-27(15-13-26)22(29)9-5-8-19-6-3-2-4-7-19/h2-4,6-7,10-11,16-17H,5,8-9,12-15H2,1H3. The van der Waals surface area contributed by atoms with Gasteiger partial charge in [-0.3, -0.25) is 9.36 Å². The van der Waals surface area contributed by atoms with Crippen molar-refractivity contribution in [2.24, 2.45) is 0 Å². The zero-order valence-electron chi connectivity index (χ0n) is 16.7. The maximum atomic E-state index is 12.6. The Bertz CT molecular complexity index is 933. The fourth-order valence-corrected chi connectivity index (χ4v) is 3.66. The molecular formula is C22H26N6O. The lowest BCUT2D eigenvalue weighted by Crippen LogP contribution is -2.49. The number of amides is 1. The van der Waals surface area contributed by atoms with Gasteiger partial charge in [-0.25, -0.2) is 15.0 Å². The number of hydrogen-bond acceptors (Lipinski definition) is 5. The Morgan fingerprint density at radius 2 is 1.79 bits per heavy atom. The highest BCUT2D eigenvalue weighted by atomic mass is 16.2. The van der Waals surface area contributed by atoms with Gasteiger partial charge in [0.05, 0.1) is 0 Å². The Kier molecular flexibility index (Phi) is 5.84. The molecule has 1 saturated heterocycles. The molecule has 0 spiro atoms. The quantitative estimate of drug-likeness (QED) is 0.647. The van der Waals surface area contributed by atoms with Gasteiger partial charge in [0.25, 0.3) is 0 Å². The third kappa shape index (κ3) is 4.80. The first-order chi connectivity index (χ1) is 14.2. The molecule has 7 heteroatoms. The number of carbonyl (C=O) groups excluding carboxylic acids is 1. The molecule has 0 N–H and O–H groups in total. The zero-order chi connectivity index (χ0) is 20.1. The second kappa shape index (κ2) is 8.86. The molecule has 7 nitrogen and oxygen atoms in total. The van der Waals surface area contributed by atoms with Gasteiger partial charge in [0, 0.05) is 51.1 Å². The summed E-state index contributed by atoms with van der Waals surface area (Å²) in [6, 6.07) is 12.3. The van der Waals surface area contributed by atoms with E-state index in [1.54, 1.807) is 12.5 Å².